The number of rotatable bonds is 3. The molecule has 3 aromatic heterocycles. The van der Waals surface area contributed by atoms with E-state index in [0.717, 1.165) is 37.4 Å². The molecule has 34 heavy (non-hydrogen) atoms. The maximum Gasteiger partial charge on any atom is 0.181 e. The highest BCUT2D eigenvalue weighted by molar-refractivity contribution is 7.27. The molecular formula is C28H34O3S3. The van der Waals surface area contributed by atoms with E-state index < -0.39 is 0 Å². The van der Waals surface area contributed by atoms with E-state index in [2.05, 4.69) is 34.6 Å². The van der Waals surface area contributed by atoms with Gasteiger partial charge in [-0.05, 0) is 55.6 Å². The maximum absolute atomic E-state index is 6.36. The molecule has 3 aliphatic rings. The van der Waals surface area contributed by atoms with Gasteiger partial charge in [-0.2, -0.15) is 0 Å². The highest BCUT2D eigenvalue weighted by atomic mass is 32.1. The van der Waals surface area contributed by atoms with Gasteiger partial charge in [0.15, 0.2) is 11.5 Å². The lowest BCUT2D eigenvalue weighted by atomic mass is 9.90. The SMILES string of the molecule is CC(C)c1sc(-c2sc(-c3sc(C(C)(C)C)c4c3OCCO4)c3c2CCCC3)c2c1CCCO2. The second kappa shape index (κ2) is 8.56. The van der Waals surface area contributed by atoms with Gasteiger partial charge in [-0.1, -0.05) is 34.6 Å². The number of thiophene rings is 3. The third-order valence-electron chi connectivity index (χ3n) is 7.04. The van der Waals surface area contributed by atoms with Crippen LogP contribution in [0, 0.1) is 0 Å². The minimum Gasteiger partial charge on any atom is -0.492 e. The first-order valence-electron chi connectivity index (χ1n) is 12.7. The lowest BCUT2D eigenvalue weighted by molar-refractivity contribution is 0.171. The van der Waals surface area contributed by atoms with Gasteiger partial charge in [0.25, 0.3) is 0 Å². The predicted molar refractivity (Wildman–Crippen MR) is 145 cm³/mol. The molecule has 0 spiro atoms. The van der Waals surface area contributed by atoms with Crippen LogP contribution in [0.25, 0.3) is 19.5 Å². The molecule has 5 heterocycles. The van der Waals surface area contributed by atoms with Crippen LogP contribution in [0.4, 0.5) is 0 Å². The molecule has 0 saturated carbocycles. The number of ether oxygens (including phenoxy) is 3. The topological polar surface area (TPSA) is 27.7 Å². The fraction of sp³-hybridized carbons (Fsp3) is 0.571. The fourth-order valence-corrected chi connectivity index (χ4v) is 9.74. The third kappa shape index (κ3) is 3.63. The Kier molecular flexibility index (Phi) is 5.78. The van der Waals surface area contributed by atoms with Crippen LogP contribution in [0.2, 0.25) is 0 Å². The fourth-order valence-electron chi connectivity index (χ4n) is 5.49. The van der Waals surface area contributed by atoms with Crippen LogP contribution < -0.4 is 14.2 Å². The molecule has 0 radical (unpaired) electrons. The van der Waals surface area contributed by atoms with Crippen LogP contribution in [0.3, 0.4) is 0 Å². The van der Waals surface area contributed by atoms with Crippen molar-refractivity contribution >= 4 is 34.0 Å². The second-order valence-electron chi connectivity index (χ2n) is 11.0. The smallest absolute Gasteiger partial charge is 0.181 e. The summed E-state index contributed by atoms with van der Waals surface area (Å²) in [6, 6.07) is 0. The summed E-state index contributed by atoms with van der Waals surface area (Å²) in [4.78, 5) is 8.35. The molecular weight excluding hydrogens is 481 g/mol. The summed E-state index contributed by atoms with van der Waals surface area (Å²) in [7, 11) is 0. The zero-order chi connectivity index (χ0) is 23.6. The van der Waals surface area contributed by atoms with Crippen molar-refractivity contribution in [1.82, 2.24) is 0 Å². The Morgan fingerprint density at radius 2 is 1.21 bits per heavy atom. The monoisotopic (exact) mass is 514 g/mol. The third-order valence-corrected chi connectivity index (χ3v) is 11.7. The van der Waals surface area contributed by atoms with Gasteiger partial charge >= 0.3 is 0 Å². The molecule has 0 N–H and O–H groups in total. The molecule has 0 aromatic carbocycles. The van der Waals surface area contributed by atoms with Gasteiger partial charge in [-0.15, -0.1) is 34.0 Å². The summed E-state index contributed by atoms with van der Waals surface area (Å²) in [6.45, 7) is 13.6. The van der Waals surface area contributed by atoms with E-state index in [1.165, 1.54) is 59.8 Å². The molecule has 0 bridgehead atoms. The Morgan fingerprint density at radius 1 is 0.618 bits per heavy atom. The lowest BCUT2D eigenvalue weighted by Gasteiger charge is -2.22. The van der Waals surface area contributed by atoms with Crippen molar-refractivity contribution in [2.24, 2.45) is 0 Å². The summed E-state index contributed by atoms with van der Waals surface area (Å²) in [5.74, 6) is 3.69. The molecule has 0 amide bonds. The Labute approximate surface area is 215 Å². The van der Waals surface area contributed by atoms with Gasteiger partial charge in [-0.3, -0.25) is 0 Å². The highest BCUT2D eigenvalue weighted by Crippen LogP contribution is 2.59. The van der Waals surface area contributed by atoms with Crippen LogP contribution in [0.15, 0.2) is 0 Å². The molecule has 0 saturated heterocycles. The summed E-state index contributed by atoms with van der Waals surface area (Å²) in [5.41, 5.74) is 4.62. The molecule has 6 heteroatoms. The molecule has 0 fully saturated rings. The van der Waals surface area contributed by atoms with E-state index in [1.807, 2.05) is 34.0 Å². The van der Waals surface area contributed by atoms with Gasteiger partial charge in [0.2, 0.25) is 0 Å². The van der Waals surface area contributed by atoms with E-state index >= 15 is 0 Å². The summed E-state index contributed by atoms with van der Waals surface area (Å²) >= 11 is 5.86. The largest absolute Gasteiger partial charge is 0.492 e. The molecule has 0 atom stereocenters. The van der Waals surface area contributed by atoms with Crippen molar-refractivity contribution in [3.05, 3.63) is 26.4 Å². The van der Waals surface area contributed by atoms with Crippen molar-refractivity contribution in [2.75, 3.05) is 19.8 Å². The van der Waals surface area contributed by atoms with Crippen molar-refractivity contribution in [3.8, 4) is 36.8 Å². The van der Waals surface area contributed by atoms with Crippen LogP contribution in [0.5, 0.6) is 17.2 Å². The van der Waals surface area contributed by atoms with Gasteiger partial charge < -0.3 is 14.2 Å². The number of hydrogen-bond donors (Lipinski definition) is 0. The van der Waals surface area contributed by atoms with E-state index in [4.69, 9.17) is 14.2 Å². The number of fused-ring (bicyclic) bond motifs is 3. The van der Waals surface area contributed by atoms with Crippen molar-refractivity contribution in [1.29, 1.82) is 0 Å². The Morgan fingerprint density at radius 3 is 1.85 bits per heavy atom. The van der Waals surface area contributed by atoms with E-state index in [-0.39, 0.29) is 5.41 Å². The van der Waals surface area contributed by atoms with E-state index in [0.29, 0.717) is 19.1 Å². The molecule has 1 aliphatic carbocycles. The first-order valence-corrected chi connectivity index (χ1v) is 15.2. The van der Waals surface area contributed by atoms with Crippen LogP contribution in [-0.2, 0) is 24.7 Å². The summed E-state index contributed by atoms with van der Waals surface area (Å²) in [5, 5.41) is 0. The Balaban J connectivity index is 1.56. The average molecular weight is 515 g/mol. The van der Waals surface area contributed by atoms with Gasteiger partial charge in [-0.25, -0.2) is 0 Å². The quantitative estimate of drug-likeness (QED) is 0.350. The average Bonchev–Trinajstić information content (AvgIpc) is 3.50. The minimum atomic E-state index is 0.0285. The van der Waals surface area contributed by atoms with Gasteiger partial charge in [0.05, 0.1) is 31.0 Å². The molecule has 2 aliphatic heterocycles. The van der Waals surface area contributed by atoms with E-state index in [1.54, 1.807) is 11.1 Å². The molecule has 182 valence electrons. The number of hydrogen-bond acceptors (Lipinski definition) is 6. The Hall–Kier alpha value is -1.50. The van der Waals surface area contributed by atoms with Crippen molar-refractivity contribution < 1.29 is 14.2 Å². The minimum absolute atomic E-state index is 0.0285. The normalized spacial score (nSPS) is 17.5. The highest BCUT2D eigenvalue weighted by Gasteiger charge is 2.35. The van der Waals surface area contributed by atoms with Crippen molar-refractivity contribution in [3.63, 3.8) is 0 Å². The molecule has 3 nitrogen and oxygen atoms in total. The van der Waals surface area contributed by atoms with Gasteiger partial charge in [0.1, 0.15) is 19.0 Å². The maximum atomic E-state index is 6.36. The van der Waals surface area contributed by atoms with Crippen LogP contribution >= 0.6 is 34.0 Å². The zero-order valence-corrected chi connectivity index (χ0v) is 23.3. The second-order valence-corrected chi connectivity index (χ2v) is 14.1. The first kappa shape index (κ1) is 22.9. The summed E-state index contributed by atoms with van der Waals surface area (Å²) in [6.07, 6.45) is 7.15. The van der Waals surface area contributed by atoms with E-state index in [9.17, 15) is 0 Å². The molecule has 0 unspecified atom stereocenters. The summed E-state index contributed by atoms with van der Waals surface area (Å²) < 4.78 is 18.8. The van der Waals surface area contributed by atoms with Crippen LogP contribution in [-0.4, -0.2) is 19.8 Å². The van der Waals surface area contributed by atoms with Gasteiger partial charge in [0, 0.05) is 15.9 Å². The first-order chi connectivity index (χ1) is 16.3. The molecule has 3 aromatic rings. The lowest BCUT2D eigenvalue weighted by Crippen LogP contribution is -2.18. The van der Waals surface area contributed by atoms with Crippen LogP contribution in [0.1, 0.15) is 86.2 Å². The standard InChI is InChI=1S/C28H34O3S3/c1-15(2)22-18-11-8-12-29-19(18)25(32-22)23-16-9-6-7-10-17(16)24(33-23)26-20-21(31-14-13-30-20)27(34-26)28(3,4)5/h15H,6-14H2,1-5H3. The predicted octanol–water partition coefficient (Wildman–Crippen LogP) is 8.60. The Bertz CT molecular complexity index is 1240. The van der Waals surface area contributed by atoms with Crippen molar-refractivity contribution in [2.45, 2.75) is 84.5 Å². The zero-order valence-electron chi connectivity index (χ0n) is 20.9. The molecule has 6 rings (SSSR count).